The van der Waals surface area contributed by atoms with Gasteiger partial charge in [-0.25, -0.2) is 0 Å². The molecule has 0 fully saturated rings. The zero-order valence-electron chi connectivity index (χ0n) is 12.8. The first-order valence-electron chi connectivity index (χ1n) is 7.17. The molecule has 1 aliphatic heterocycles. The fourth-order valence-corrected chi connectivity index (χ4v) is 7.72. The van der Waals surface area contributed by atoms with Crippen LogP contribution in [0.2, 0.25) is 0 Å². The van der Waals surface area contributed by atoms with Crippen molar-refractivity contribution >= 4 is 22.7 Å². The van der Waals surface area contributed by atoms with Crippen molar-refractivity contribution in [3.8, 4) is 0 Å². The van der Waals surface area contributed by atoms with E-state index < -0.39 is 24.0 Å². The van der Waals surface area contributed by atoms with Gasteiger partial charge in [-0.15, -0.1) is 0 Å². The van der Waals surface area contributed by atoms with Crippen LogP contribution < -0.4 is 14.0 Å². The molecule has 6 heteroatoms. The SMILES string of the molecule is CC1=CC(c2ccccc2)=[Se](O[Cl+3]([O-])([O-])[O-])C(c2ccccc2)=C1. The predicted octanol–water partition coefficient (Wildman–Crippen LogP) is 0.277. The molecule has 1 atom stereocenters. The summed E-state index contributed by atoms with van der Waals surface area (Å²) < 4.78 is 40.5. The van der Waals surface area contributed by atoms with Crippen LogP contribution in [0.3, 0.4) is 0 Å². The normalized spacial score (nSPS) is 18.2. The Labute approximate surface area is 146 Å². The zero-order valence-corrected chi connectivity index (χ0v) is 15.3. The molecule has 0 aromatic heterocycles. The van der Waals surface area contributed by atoms with Crippen LogP contribution in [0.4, 0.5) is 0 Å². The molecule has 24 heavy (non-hydrogen) atoms. The van der Waals surface area contributed by atoms with E-state index in [4.69, 9.17) is 3.37 Å². The molecule has 0 saturated carbocycles. The summed E-state index contributed by atoms with van der Waals surface area (Å²) in [7, 11) is -4.51. The number of benzene rings is 2. The second-order valence-electron chi connectivity index (χ2n) is 5.20. The zero-order chi connectivity index (χ0) is 17.2. The molecule has 1 unspecified atom stereocenters. The van der Waals surface area contributed by atoms with Gasteiger partial charge in [-0.3, -0.25) is 0 Å². The van der Waals surface area contributed by atoms with Crippen LogP contribution in [0.25, 0.3) is 4.47 Å². The third-order valence-electron chi connectivity index (χ3n) is 3.37. The second-order valence-corrected chi connectivity index (χ2v) is 9.85. The molecule has 2 aromatic carbocycles. The Morgan fingerprint density at radius 1 is 0.792 bits per heavy atom. The first-order chi connectivity index (χ1) is 11.4. The predicted molar refractivity (Wildman–Crippen MR) is 85.6 cm³/mol. The third kappa shape index (κ3) is 4.09. The first-order valence-corrected chi connectivity index (χ1v) is 10.8. The molecule has 1 aliphatic rings. The van der Waals surface area contributed by atoms with Gasteiger partial charge in [0.2, 0.25) is 0 Å². The van der Waals surface area contributed by atoms with Crippen molar-refractivity contribution < 1.29 is 27.6 Å². The summed E-state index contributed by atoms with van der Waals surface area (Å²) in [6, 6.07) is 18.8. The first kappa shape index (κ1) is 17.3. The van der Waals surface area contributed by atoms with E-state index in [0.29, 0.717) is 0 Å². The van der Waals surface area contributed by atoms with Crippen LogP contribution in [0.1, 0.15) is 18.1 Å². The van der Waals surface area contributed by atoms with E-state index in [9.17, 15) is 14.0 Å². The van der Waals surface area contributed by atoms with E-state index in [0.717, 1.165) is 25.6 Å². The topological polar surface area (TPSA) is 78.4 Å². The Bertz CT molecular complexity index is 821. The molecule has 2 aromatic rings. The minimum absolute atomic E-state index is 0.765. The number of hydrogen-bond acceptors (Lipinski definition) is 4. The molecule has 124 valence electrons. The third-order valence-corrected chi connectivity index (χ3v) is 8.58. The summed E-state index contributed by atoms with van der Waals surface area (Å²) in [5, 5.41) is 0. The molecular formula is C18H15ClO4Se. The van der Waals surface area contributed by atoms with Crippen LogP contribution in [0, 0.1) is 10.2 Å². The monoisotopic (exact) mass is 410 g/mol. The van der Waals surface area contributed by atoms with Gasteiger partial charge in [-0.1, -0.05) is 0 Å². The van der Waals surface area contributed by atoms with Gasteiger partial charge in [0.05, 0.1) is 0 Å². The summed E-state index contributed by atoms with van der Waals surface area (Å²) in [4.78, 5) is 0. The van der Waals surface area contributed by atoms with E-state index >= 15 is 0 Å². The van der Waals surface area contributed by atoms with E-state index in [1.807, 2.05) is 79.7 Å². The molecule has 0 bridgehead atoms. The van der Waals surface area contributed by atoms with Gasteiger partial charge in [0.15, 0.2) is 0 Å². The Morgan fingerprint density at radius 3 is 1.88 bits per heavy atom. The molecule has 3 rings (SSSR count). The van der Waals surface area contributed by atoms with Crippen molar-refractivity contribution in [3.05, 3.63) is 89.5 Å². The summed E-state index contributed by atoms with van der Waals surface area (Å²) in [5.41, 5.74) is 2.71. The fourth-order valence-electron chi connectivity index (χ4n) is 2.41. The van der Waals surface area contributed by atoms with Crippen LogP contribution in [0.5, 0.6) is 0 Å². The van der Waals surface area contributed by atoms with Crippen LogP contribution >= 0.6 is 0 Å². The summed E-state index contributed by atoms with van der Waals surface area (Å²) >= 11 is -2.51. The second kappa shape index (κ2) is 7.13. The minimum atomic E-state index is -4.51. The number of allylic oxidation sites excluding steroid dienone is 3. The fraction of sp³-hybridized carbons (Fsp3) is 0.0556. The standard InChI is InChI=1S/C18H15ClO4Se/c1-14-12-17(15-8-4-2-5-9-15)24(23-19(20,21)22)18(13-14)16-10-6-3-7-11-16/h2-13H,1H3. The summed E-state index contributed by atoms with van der Waals surface area (Å²) in [5.74, 6) is 0. The van der Waals surface area contributed by atoms with Crippen molar-refractivity contribution in [3.63, 3.8) is 0 Å². The molecule has 4 nitrogen and oxygen atoms in total. The van der Waals surface area contributed by atoms with Crippen molar-refractivity contribution in [2.24, 2.45) is 0 Å². The van der Waals surface area contributed by atoms with Crippen molar-refractivity contribution in [1.29, 1.82) is 0 Å². The van der Waals surface area contributed by atoms with Crippen molar-refractivity contribution in [1.82, 2.24) is 0 Å². The average molecular weight is 410 g/mol. The summed E-state index contributed by atoms with van der Waals surface area (Å²) in [6.45, 7) is 1.94. The number of rotatable bonds is 4. The Kier molecular flexibility index (Phi) is 5.13. The van der Waals surface area contributed by atoms with Gasteiger partial charge < -0.3 is 0 Å². The molecule has 0 spiro atoms. The molecular weight excluding hydrogens is 395 g/mol. The van der Waals surface area contributed by atoms with Crippen LogP contribution in [-0.4, -0.2) is 18.2 Å². The van der Waals surface area contributed by atoms with E-state index in [2.05, 4.69) is 0 Å². The molecule has 0 aliphatic carbocycles. The van der Waals surface area contributed by atoms with Crippen LogP contribution in [-0.2, 0) is 3.37 Å². The Hall–Kier alpha value is -1.56. The molecule has 0 amide bonds. The van der Waals surface area contributed by atoms with E-state index in [1.54, 1.807) is 0 Å². The van der Waals surface area contributed by atoms with E-state index in [1.165, 1.54) is 0 Å². The summed E-state index contributed by atoms with van der Waals surface area (Å²) in [6.07, 6.45) is 3.79. The molecule has 1 heterocycles. The van der Waals surface area contributed by atoms with Crippen molar-refractivity contribution in [2.75, 3.05) is 0 Å². The Morgan fingerprint density at radius 2 is 1.33 bits per heavy atom. The molecule has 0 N–H and O–H groups in total. The maximum atomic E-state index is 11.3. The maximum absolute atomic E-state index is 11.3. The van der Waals surface area contributed by atoms with E-state index in [-0.39, 0.29) is 0 Å². The number of halogens is 1. The molecule has 0 radical (unpaired) electrons. The molecule has 0 saturated heterocycles. The van der Waals surface area contributed by atoms with Gasteiger partial charge in [-0.2, -0.15) is 0 Å². The quantitative estimate of drug-likeness (QED) is 0.679. The van der Waals surface area contributed by atoms with Gasteiger partial charge in [0.1, 0.15) is 0 Å². The van der Waals surface area contributed by atoms with Crippen LogP contribution in [0.15, 0.2) is 78.4 Å². The average Bonchev–Trinajstić information content (AvgIpc) is 2.56. The van der Waals surface area contributed by atoms with Gasteiger partial charge in [0, 0.05) is 0 Å². The van der Waals surface area contributed by atoms with Gasteiger partial charge in [0.25, 0.3) is 0 Å². The van der Waals surface area contributed by atoms with Crippen molar-refractivity contribution in [2.45, 2.75) is 6.92 Å². The number of hydrogen-bond donors (Lipinski definition) is 0. The Balaban J connectivity index is 2.21. The van der Waals surface area contributed by atoms with Gasteiger partial charge in [-0.05, 0) is 0 Å². The van der Waals surface area contributed by atoms with Gasteiger partial charge >= 0.3 is 147 Å².